The van der Waals surface area contributed by atoms with Crippen LogP contribution >= 0.6 is 0 Å². The molecule has 82 valence electrons. The summed E-state index contributed by atoms with van der Waals surface area (Å²) in [5, 5.41) is 9.48. The average Bonchev–Trinajstić information content (AvgIpc) is 2.22. The maximum Gasteiger partial charge on any atom is 0.0552 e. The van der Waals surface area contributed by atoms with Crippen LogP contribution in [0.25, 0.3) is 0 Å². The molecule has 0 heterocycles. The molecule has 0 radical (unpaired) electrons. The van der Waals surface area contributed by atoms with Crippen molar-refractivity contribution in [1.29, 1.82) is 0 Å². The first-order chi connectivity index (χ1) is 7.18. The van der Waals surface area contributed by atoms with Crippen LogP contribution in [0.15, 0.2) is 12.1 Å². The molecule has 0 amide bonds. The lowest BCUT2D eigenvalue weighted by Crippen LogP contribution is -2.12. The van der Waals surface area contributed by atoms with Crippen LogP contribution in [0.4, 0.5) is 0 Å². The van der Waals surface area contributed by atoms with E-state index in [2.05, 4.69) is 19.1 Å². The normalized spacial score (nSPS) is 17.3. The Morgan fingerprint density at radius 2 is 1.87 bits per heavy atom. The molecule has 1 aromatic carbocycles. The number of hydrogen-bond donors (Lipinski definition) is 1. The van der Waals surface area contributed by atoms with Gasteiger partial charge >= 0.3 is 0 Å². The summed E-state index contributed by atoms with van der Waals surface area (Å²) in [6.07, 6.45) is 5.66. The molecule has 0 aliphatic heterocycles. The van der Waals surface area contributed by atoms with Gasteiger partial charge in [0.05, 0.1) is 6.10 Å². The minimum absolute atomic E-state index is 0.223. The average molecular weight is 204 g/mol. The predicted octanol–water partition coefficient (Wildman–Crippen LogP) is 2.80. The van der Waals surface area contributed by atoms with Gasteiger partial charge in [0.1, 0.15) is 0 Å². The first kappa shape index (κ1) is 10.7. The third-order valence-electron chi connectivity index (χ3n) is 3.38. The topological polar surface area (TPSA) is 20.2 Å². The molecule has 0 saturated heterocycles. The zero-order valence-corrected chi connectivity index (χ0v) is 9.71. The van der Waals surface area contributed by atoms with Crippen molar-refractivity contribution >= 4 is 0 Å². The monoisotopic (exact) mass is 204 g/mol. The smallest absolute Gasteiger partial charge is 0.0552 e. The highest BCUT2D eigenvalue weighted by molar-refractivity contribution is 5.42. The molecule has 2 rings (SSSR count). The minimum Gasteiger partial charge on any atom is -0.393 e. The number of aliphatic hydroxyl groups excluding tert-OH is 1. The molecular weight excluding hydrogens is 184 g/mol. The van der Waals surface area contributed by atoms with Gasteiger partial charge in [-0.3, -0.25) is 0 Å². The van der Waals surface area contributed by atoms with Crippen LogP contribution in [0, 0.1) is 6.92 Å². The van der Waals surface area contributed by atoms with Crippen LogP contribution in [-0.4, -0.2) is 11.2 Å². The minimum atomic E-state index is -0.223. The predicted molar refractivity (Wildman–Crippen MR) is 63.2 cm³/mol. The van der Waals surface area contributed by atoms with E-state index < -0.39 is 0 Å². The summed E-state index contributed by atoms with van der Waals surface area (Å²) in [6, 6.07) is 4.41. The summed E-state index contributed by atoms with van der Waals surface area (Å²) in [5.74, 6) is 0. The van der Waals surface area contributed by atoms with Crippen molar-refractivity contribution in [3.8, 4) is 0 Å². The molecular formula is C14H20O. The first-order valence-corrected chi connectivity index (χ1v) is 5.97. The van der Waals surface area contributed by atoms with E-state index in [-0.39, 0.29) is 6.10 Å². The van der Waals surface area contributed by atoms with Crippen molar-refractivity contribution in [2.24, 2.45) is 0 Å². The number of fused-ring (bicyclic) bond motifs is 1. The highest BCUT2D eigenvalue weighted by Crippen LogP contribution is 2.28. The zero-order chi connectivity index (χ0) is 10.8. The molecule has 1 aliphatic rings. The van der Waals surface area contributed by atoms with E-state index in [1.165, 1.54) is 42.4 Å². The largest absolute Gasteiger partial charge is 0.393 e. The van der Waals surface area contributed by atoms with Crippen LogP contribution in [0.5, 0.6) is 0 Å². The SMILES string of the molecule is Cc1ccc(CC(C)O)c2c1CCCC2. The molecule has 1 N–H and O–H groups in total. The van der Waals surface area contributed by atoms with E-state index in [4.69, 9.17) is 0 Å². The number of rotatable bonds is 2. The Labute approximate surface area is 92.1 Å². The van der Waals surface area contributed by atoms with Gasteiger partial charge in [0, 0.05) is 0 Å². The van der Waals surface area contributed by atoms with Crippen molar-refractivity contribution in [3.05, 3.63) is 34.4 Å². The summed E-state index contributed by atoms with van der Waals surface area (Å²) >= 11 is 0. The van der Waals surface area contributed by atoms with Crippen molar-refractivity contribution in [1.82, 2.24) is 0 Å². The molecule has 1 aromatic rings. The fourth-order valence-electron chi connectivity index (χ4n) is 2.63. The van der Waals surface area contributed by atoms with E-state index in [0.29, 0.717) is 0 Å². The maximum atomic E-state index is 9.48. The van der Waals surface area contributed by atoms with Crippen molar-refractivity contribution in [2.45, 2.75) is 52.1 Å². The Bertz CT molecular complexity index is 353. The van der Waals surface area contributed by atoms with Gasteiger partial charge in [-0.25, -0.2) is 0 Å². The molecule has 0 spiro atoms. The summed E-state index contributed by atoms with van der Waals surface area (Å²) in [6.45, 7) is 4.07. The number of aryl methyl sites for hydroxylation is 1. The molecule has 1 unspecified atom stereocenters. The molecule has 0 aromatic heterocycles. The fraction of sp³-hybridized carbons (Fsp3) is 0.571. The highest BCUT2D eigenvalue weighted by Gasteiger charge is 2.15. The maximum absolute atomic E-state index is 9.48. The Kier molecular flexibility index (Phi) is 3.11. The summed E-state index contributed by atoms with van der Waals surface area (Å²) in [7, 11) is 0. The Balaban J connectivity index is 2.39. The van der Waals surface area contributed by atoms with Gasteiger partial charge in [0.25, 0.3) is 0 Å². The summed E-state index contributed by atoms with van der Waals surface area (Å²) in [5.41, 5.74) is 5.88. The van der Waals surface area contributed by atoms with Crippen molar-refractivity contribution < 1.29 is 5.11 Å². The van der Waals surface area contributed by atoms with E-state index in [9.17, 15) is 5.11 Å². The number of benzene rings is 1. The molecule has 1 heteroatoms. The molecule has 1 aliphatic carbocycles. The first-order valence-electron chi connectivity index (χ1n) is 5.97. The van der Waals surface area contributed by atoms with Gasteiger partial charge < -0.3 is 5.11 Å². The van der Waals surface area contributed by atoms with E-state index in [1.807, 2.05) is 6.92 Å². The summed E-state index contributed by atoms with van der Waals surface area (Å²) in [4.78, 5) is 0. The van der Waals surface area contributed by atoms with Gasteiger partial charge in [-0.2, -0.15) is 0 Å². The number of hydrogen-bond acceptors (Lipinski definition) is 1. The van der Waals surface area contributed by atoms with Crippen LogP contribution in [-0.2, 0) is 19.3 Å². The van der Waals surface area contributed by atoms with E-state index in [1.54, 1.807) is 5.56 Å². The molecule has 1 atom stereocenters. The fourth-order valence-corrected chi connectivity index (χ4v) is 2.63. The summed E-state index contributed by atoms with van der Waals surface area (Å²) < 4.78 is 0. The second-order valence-electron chi connectivity index (χ2n) is 4.76. The van der Waals surface area contributed by atoms with Crippen LogP contribution in [0.3, 0.4) is 0 Å². The van der Waals surface area contributed by atoms with Gasteiger partial charge in [-0.15, -0.1) is 0 Å². The molecule has 15 heavy (non-hydrogen) atoms. The van der Waals surface area contributed by atoms with Crippen molar-refractivity contribution in [2.75, 3.05) is 0 Å². The lowest BCUT2D eigenvalue weighted by atomic mass is 9.84. The van der Waals surface area contributed by atoms with E-state index in [0.717, 1.165) is 6.42 Å². The lowest BCUT2D eigenvalue weighted by Gasteiger charge is -2.22. The molecule has 0 bridgehead atoms. The Hall–Kier alpha value is -0.820. The lowest BCUT2D eigenvalue weighted by molar-refractivity contribution is 0.195. The second-order valence-corrected chi connectivity index (χ2v) is 4.76. The molecule has 1 nitrogen and oxygen atoms in total. The van der Waals surface area contributed by atoms with Gasteiger partial charge in [-0.05, 0) is 68.2 Å². The standard InChI is InChI=1S/C14H20O/c1-10-7-8-12(9-11(2)15)14-6-4-3-5-13(10)14/h7-8,11,15H,3-6,9H2,1-2H3. The van der Waals surface area contributed by atoms with Gasteiger partial charge in [-0.1, -0.05) is 12.1 Å². The molecule has 0 saturated carbocycles. The van der Waals surface area contributed by atoms with Crippen LogP contribution in [0.1, 0.15) is 42.0 Å². The van der Waals surface area contributed by atoms with E-state index >= 15 is 0 Å². The second kappa shape index (κ2) is 4.36. The van der Waals surface area contributed by atoms with Crippen LogP contribution in [0.2, 0.25) is 0 Å². The van der Waals surface area contributed by atoms with Gasteiger partial charge in [0.15, 0.2) is 0 Å². The van der Waals surface area contributed by atoms with Crippen LogP contribution < -0.4 is 0 Å². The third kappa shape index (κ3) is 2.23. The number of aliphatic hydroxyl groups is 1. The highest BCUT2D eigenvalue weighted by atomic mass is 16.3. The van der Waals surface area contributed by atoms with Gasteiger partial charge in [0.2, 0.25) is 0 Å². The third-order valence-corrected chi connectivity index (χ3v) is 3.38. The molecule has 0 fully saturated rings. The van der Waals surface area contributed by atoms with Crippen molar-refractivity contribution in [3.63, 3.8) is 0 Å². The Morgan fingerprint density at radius 1 is 1.20 bits per heavy atom. The Morgan fingerprint density at radius 3 is 2.53 bits per heavy atom. The zero-order valence-electron chi connectivity index (χ0n) is 9.71. The quantitative estimate of drug-likeness (QED) is 0.785.